The second kappa shape index (κ2) is 7.65. The molecule has 15 heavy (non-hydrogen) atoms. The minimum Gasteiger partial charge on any atom is -0.396 e. The molecule has 2 N–H and O–H groups in total. The highest BCUT2D eigenvalue weighted by Crippen LogP contribution is 2.07. The molecule has 1 saturated heterocycles. The van der Waals surface area contributed by atoms with Gasteiger partial charge < -0.3 is 15.3 Å². The molecule has 0 aromatic rings. The maximum Gasteiger partial charge on any atom is 0.220 e. The summed E-state index contributed by atoms with van der Waals surface area (Å²) >= 11 is 0. The molecule has 1 fully saturated rings. The molecular formula is C11H22N2O2. The van der Waals surface area contributed by atoms with Crippen LogP contribution in [0, 0.1) is 0 Å². The lowest BCUT2D eigenvalue weighted by Crippen LogP contribution is -2.37. The summed E-state index contributed by atoms with van der Waals surface area (Å²) in [6.45, 7) is 4.15. The Hall–Kier alpha value is -0.610. The lowest BCUT2D eigenvalue weighted by atomic mass is 10.1. The van der Waals surface area contributed by atoms with Crippen LogP contribution in [0.25, 0.3) is 0 Å². The number of carbonyl (C=O) groups excluding carboxylic acids is 1. The van der Waals surface area contributed by atoms with Crippen molar-refractivity contribution in [3.05, 3.63) is 0 Å². The predicted molar refractivity (Wildman–Crippen MR) is 59.6 cm³/mol. The quantitative estimate of drug-likeness (QED) is 0.671. The van der Waals surface area contributed by atoms with Crippen LogP contribution < -0.4 is 5.32 Å². The number of rotatable bonds is 6. The molecule has 0 spiro atoms. The van der Waals surface area contributed by atoms with Gasteiger partial charge in [0.2, 0.25) is 5.91 Å². The SMILES string of the molecule is O=C(CCCO)NCCN1CCCCC1. The fourth-order valence-electron chi connectivity index (χ4n) is 1.86. The highest BCUT2D eigenvalue weighted by molar-refractivity contribution is 5.75. The van der Waals surface area contributed by atoms with E-state index in [2.05, 4.69) is 10.2 Å². The zero-order valence-corrected chi connectivity index (χ0v) is 9.37. The summed E-state index contributed by atoms with van der Waals surface area (Å²) in [7, 11) is 0. The van der Waals surface area contributed by atoms with E-state index in [-0.39, 0.29) is 12.5 Å². The summed E-state index contributed by atoms with van der Waals surface area (Å²) in [6.07, 6.45) is 4.93. The van der Waals surface area contributed by atoms with Crippen LogP contribution in [-0.4, -0.2) is 48.7 Å². The Bertz CT molecular complexity index is 179. The van der Waals surface area contributed by atoms with Gasteiger partial charge in [-0.3, -0.25) is 4.79 Å². The first-order valence-electron chi connectivity index (χ1n) is 5.93. The van der Waals surface area contributed by atoms with Crippen LogP contribution in [0.4, 0.5) is 0 Å². The maximum atomic E-state index is 11.2. The van der Waals surface area contributed by atoms with E-state index in [1.165, 1.54) is 32.4 Å². The van der Waals surface area contributed by atoms with Gasteiger partial charge in [0.15, 0.2) is 0 Å². The number of aliphatic hydroxyl groups is 1. The molecule has 0 aromatic heterocycles. The minimum absolute atomic E-state index is 0.0565. The van der Waals surface area contributed by atoms with Gasteiger partial charge in [0.25, 0.3) is 0 Å². The molecule has 1 rings (SSSR count). The van der Waals surface area contributed by atoms with Crippen molar-refractivity contribution >= 4 is 5.91 Å². The normalized spacial score (nSPS) is 17.7. The molecule has 88 valence electrons. The van der Waals surface area contributed by atoms with Crippen molar-refractivity contribution in [1.82, 2.24) is 10.2 Å². The Labute approximate surface area is 91.6 Å². The summed E-state index contributed by atoms with van der Waals surface area (Å²) in [5, 5.41) is 11.4. The smallest absolute Gasteiger partial charge is 0.220 e. The van der Waals surface area contributed by atoms with E-state index in [9.17, 15) is 4.79 Å². The van der Waals surface area contributed by atoms with Crippen molar-refractivity contribution < 1.29 is 9.90 Å². The number of piperidine rings is 1. The Morgan fingerprint density at radius 3 is 2.67 bits per heavy atom. The van der Waals surface area contributed by atoms with Gasteiger partial charge in [-0.2, -0.15) is 0 Å². The molecule has 1 heterocycles. The molecule has 1 aliphatic heterocycles. The third kappa shape index (κ3) is 5.74. The van der Waals surface area contributed by atoms with E-state index in [0.717, 1.165) is 13.1 Å². The first kappa shape index (κ1) is 12.5. The molecule has 4 heteroatoms. The minimum atomic E-state index is 0.0565. The highest BCUT2D eigenvalue weighted by Gasteiger charge is 2.09. The monoisotopic (exact) mass is 214 g/mol. The molecule has 0 aromatic carbocycles. The molecule has 0 aliphatic carbocycles. The largest absolute Gasteiger partial charge is 0.396 e. The summed E-state index contributed by atoms with van der Waals surface area (Å²) in [5.41, 5.74) is 0. The third-order valence-electron chi connectivity index (χ3n) is 2.76. The Kier molecular flexibility index (Phi) is 6.36. The van der Waals surface area contributed by atoms with E-state index >= 15 is 0 Å². The van der Waals surface area contributed by atoms with Crippen LogP contribution in [-0.2, 0) is 4.79 Å². The van der Waals surface area contributed by atoms with Crippen LogP contribution in [0.3, 0.4) is 0 Å². The van der Waals surface area contributed by atoms with E-state index < -0.39 is 0 Å². The van der Waals surface area contributed by atoms with Gasteiger partial charge in [-0.1, -0.05) is 6.42 Å². The number of amides is 1. The zero-order chi connectivity index (χ0) is 10.9. The molecule has 1 amide bonds. The molecule has 0 bridgehead atoms. The van der Waals surface area contributed by atoms with E-state index in [1.54, 1.807) is 0 Å². The second-order valence-corrected chi connectivity index (χ2v) is 4.08. The molecular weight excluding hydrogens is 192 g/mol. The number of likely N-dealkylation sites (tertiary alicyclic amines) is 1. The van der Waals surface area contributed by atoms with E-state index in [4.69, 9.17) is 5.11 Å². The number of nitrogens with one attached hydrogen (secondary N) is 1. The Morgan fingerprint density at radius 2 is 2.00 bits per heavy atom. The van der Waals surface area contributed by atoms with Crippen molar-refractivity contribution in [2.45, 2.75) is 32.1 Å². The first-order chi connectivity index (χ1) is 7.33. The number of nitrogens with zero attached hydrogens (tertiary/aromatic N) is 1. The summed E-state index contributed by atoms with van der Waals surface area (Å²) < 4.78 is 0. The molecule has 1 aliphatic rings. The number of hydrogen-bond acceptors (Lipinski definition) is 3. The van der Waals surface area contributed by atoms with Crippen LogP contribution in [0.1, 0.15) is 32.1 Å². The first-order valence-corrected chi connectivity index (χ1v) is 5.93. The standard InChI is InChI=1S/C11H22N2O2/c14-10-4-5-11(15)12-6-9-13-7-2-1-3-8-13/h14H,1-10H2,(H,12,15). The van der Waals surface area contributed by atoms with Gasteiger partial charge in [0.05, 0.1) is 0 Å². The van der Waals surface area contributed by atoms with Gasteiger partial charge in [-0.15, -0.1) is 0 Å². The molecule has 0 atom stereocenters. The summed E-state index contributed by atoms with van der Waals surface area (Å²) in [4.78, 5) is 13.6. The molecule has 0 radical (unpaired) electrons. The van der Waals surface area contributed by atoms with E-state index in [0.29, 0.717) is 12.8 Å². The van der Waals surface area contributed by atoms with Crippen molar-refractivity contribution in [2.24, 2.45) is 0 Å². The van der Waals surface area contributed by atoms with Gasteiger partial charge in [0.1, 0.15) is 0 Å². The molecule has 4 nitrogen and oxygen atoms in total. The lowest BCUT2D eigenvalue weighted by Gasteiger charge is -2.26. The summed E-state index contributed by atoms with van der Waals surface area (Å²) in [5.74, 6) is 0.0565. The number of aliphatic hydroxyl groups excluding tert-OH is 1. The Balaban J connectivity index is 1.97. The lowest BCUT2D eigenvalue weighted by molar-refractivity contribution is -0.121. The number of carbonyl (C=O) groups is 1. The summed E-state index contributed by atoms with van der Waals surface area (Å²) in [6, 6.07) is 0. The van der Waals surface area contributed by atoms with E-state index in [1.807, 2.05) is 0 Å². The second-order valence-electron chi connectivity index (χ2n) is 4.08. The zero-order valence-electron chi connectivity index (χ0n) is 9.37. The van der Waals surface area contributed by atoms with Crippen molar-refractivity contribution in [2.75, 3.05) is 32.8 Å². The van der Waals surface area contributed by atoms with Crippen LogP contribution >= 0.6 is 0 Å². The average Bonchev–Trinajstić information content (AvgIpc) is 2.28. The van der Waals surface area contributed by atoms with Gasteiger partial charge in [-0.25, -0.2) is 0 Å². The van der Waals surface area contributed by atoms with Crippen LogP contribution in [0.2, 0.25) is 0 Å². The molecule has 0 saturated carbocycles. The Morgan fingerprint density at radius 1 is 1.27 bits per heavy atom. The van der Waals surface area contributed by atoms with Crippen LogP contribution in [0.5, 0.6) is 0 Å². The van der Waals surface area contributed by atoms with Gasteiger partial charge in [0, 0.05) is 26.1 Å². The fourth-order valence-corrected chi connectivity index (χ4v) is 1.86. The average molecular weight is 214 g/mol. The van der Waals surface area contributed by atoms with Crippen molar-refractivity contribution in [1.29, 1.82) is 0 Å². The van der Waals surface area contributed by atoms with Crippen LogP contribution in [0.15, 0.2) is 0 Å². The number of hydrogen-bond donors (Lipinski definition) is 2. The van der Waals surface area contributed by atoms with Gasteiger partial charge >= 0.3 is 0 Å². The van der Waals surface area contributed by atoms with Crippen molar-refractivity contribution in [3.8, 4) is 0 Å². The topological polar surface area (TPSA) is 52.6 Å². The van der Waals surface area contributed by atoms with Crippen molar-refractivity contribution in [3.63, 3.8) is 0 Å². The fraction of sp³-hybridized carbons (Fsp3) is 0.909. The molecule has 0 unspecified atom stereocenters. The third-order valence-corrected chi connectivity index (χ3v) is 2.76. The maximum absolute atomic E-state index is 11.2. The predicted octanol–water partition coefficient (Wildman–Crippen LogP) is 0.361. The van der Waals surface area contributed by atoms with Gasteiger partial charge in [-0.05, 0) is 32.4 Å². The highest BCUT2D eigenvalue weighted by atomic mass is 16.3.